The highest BCUT2D eigenvalue weighted by Gasteiger charge is 2.06. The molecule has 0 aliphatic rings. The Morgan fingerprint density at radius 2 is 2.44 bits per heavy atom. The molecular formula is C12H18BrNO3S. The molecule has 1 unspecified atom stereocenters. The molecule has 0 spiro atoms. The van der Waals surface area contributed by atoms with Gasteiger partial charge >= 0.3 is 0 Å². The van der Waals surface area contributed by atoms with Crippen LogP contribution in [0.2, 0.25) is 0 Å². The number of ether oxygens (including phenoxy) is 1. The summed E-state index contributed by atoms with van der Waals surface area (Å²) in [5.41, 5.74) is 0. The lowest BCUT2D eigenvalue weighted by Gasteiger charge is -2.09. The number of aliphatic hydroxyl groups excluding tert-OH is 1. The van der Waals surface area contributed by atoms with Gasteiger partial charge in [-0.05, 0) is 34.8 Å². The van der Waals surface area contributed by atoms with Crippen LogP contribution in [0.5, 0.6) is 0 Å². The second kappa shape index (κ2) is 8.63. The van der Waals surface area contributed by atoms with E-state index in [9.17, 15) is 9.90 Å². The summed E-state index contributed by atoms with van der Waals surface area (Å²) >= 11 is 5.03. The SMILES string of the molecule is COCC(O)CCNC(=O)CCc1cc(Br)cs1. The minimum atomic E-state index is -0.511. The van der Waals surface area contributed by atoms with Crippen molar-refractivity contribution in [1.82, 2.24) is 5.32 Å². The zero-order valence-corrected chi connectivity index (χ0v) is 12.7. The van der Waals surface area contributed by atoms with Gasteiger partial charge in [-0.25, -0.2) is 0 Å². The first-order valence-electron chi connectivity index (χ1n) is 5.78. The highest BCUT2D eigenvalue weighted by Crippen LogP contribution is 2.20. The number of rotatable bonds is 8. The molecule has 6 heteroatoms. The third-order valence-electron chi connectivity index (χ3n) is 2.38. The summed E-state index contributed by atoms with van der Waals surface area (Å²) in [6, 6.07) is 2.03. The van der Waals surface area contributed by atoms with Crippen molar-refractivity contribution in [3.63, 3.8) is 0 Å². The Labute approximate surface area is 119 Å². The molecule has 1 atom stereocenters. The Balaban J connectivity index is 2.10. The largest absolute Gasteiger partial charge is 0.391 e. The molecule has 0 bridgehead atoms. The fourth-order valence-electron chi connectivity index (χ4n) is 1.46. The van der Waals surface area contributed by atoms with E-state index in [1.165, 1.54) is 4.88 Å². The van der Waals surface area contributed by atoms with Crippen molar-refractivity contribution in [2.75, 3.05) is 20.3 Å². The van der Waals surface area contributed by atoms with Gasteiger partial charge in [0, 0.05) is 34.8 Å². The van der Waals surface area contributed by atoms with Gasteiger partial charge in [0.25, 0.3) is 0 Å². The molecule has 0 aromatic carbocycles. The topological polar surface area (TPSA) is 58.6 Å². The summed E-state index contributed by atoms with van der Waals surface area (Å²) in [5, 5.41) is 14.2. The predicted molar refractivity (Wildman–Crippen MR) is 75.8 cm³/mol. The summed E-state index contributed by atoms with van der Waals surface area (Å²) in [6.07, 6.45) is 1.24. The molecule has 1 aromatic rings. The Kier molecular flexibility index (Phi) is 7.50. The van der Waals surface area contributed by atoms with Gasteiger partial charge < -0.3 is 15.2 Å². The molecule has 0 aliphatic carbocycles. The second-order valence-electron chi connectivity index (χ2n) is 3.98. The van der Waals surface area contributed by atoms with Gasteiger partial charge in [-0.2, -0.15) is 0 Å². The number of hydrogen-bond acceptors (Lipinski definition) is 4. The average Bonchev–Trinajstić information content (AvgIpc) is 2.73. The van der Waals surface area contributed by atoms with Gasteiger partial charge in [-0.15, -0.1) is 11.3 Å². The van der Waals surface area contributed by atoms with Gasteiger partial charge in [0.2, 0.25) is 5.91 Å². The number of carbonyl (C=O) groups is 1. The number of aliphatic hydroxyl groups is 1. The van der Waals surface area contributed by atoms with Crippen molar-refractivity contribution in [2.24, 2.45) is 0 Å². The van der Waals surface area contributed by atoms with Crippen LogP contribution in [-0.2, 0) is 16.0 Å². The first kappa shape index (κ1) is 15.6. The number of methoxy groups -OCH3 is 1. The fraction of sp³-hybridized carbons (Fsp3) is 0.583. The van der Waals surface area contributed by atoms with Crippen LogP contribution in [0.1, 0.15) is 17.7 Å². The molecule has 0 saturated carbocycles. The molecule has 2 N–H and O–H groups in total. The normalized spacial score (nSPS) is 12.4. The molecule has 1 aromatic heterocycles. The predicted octanol–water partition coefficient (Wildman–Crippen LogP) is 1.96. The van der Waals surface area contributed by atoms with Crippen LogP contribution in [0, 0.1) is 0 Å². The zero-order chi connectivity index (χ0) is 13.4. The van der Waals surface area contributed by atoms with Gasteiger partial charge in [0.15, 0.2) is 0 Å². The third-order valence-corrected chi connectivity index (χ3v) is 4.14. The smallest absolute Gasteiger partial charge is 0.220 e. The minimum absolute atomic E-state index is 0.0177. The molecule has 4 nitrogen and oxygen atoms in total. The van der Waals surface area contributed by atoms with Crippen molar-refractivity contribution < 1.29 is 14.6 Å². The van der Waals surface area contributed by atoms with Crippen LogP contribution in [-0.4, -0.2) is 37.4 Å². The quantitative estimate of drug-likeness (QED) is 0.763. The summed E-state index contributed by atoms with van der Waals surface area (Å²) in [7, 11) is 1.54. The van der Waals surface area contributed by atoms with Gasteiger partial charge in [0.1, 0.15) is 0 Å². The standard InChI is InChI=1S/C12H18BrNO3S/c1-17-7-10(15)4-5-14-12(16)3-2-11-6-9(13)8-18-11/h6,8,10,15H,2-5,7H2,1H3,(H,14,16). The number of amides is 1. The molecule has 0 radical (unpaired) electrons. The monoisotopic (exact) mass is 335 g/mol. The molecule has 0 saturated heterocycles. The van der Waals surface area contributed by atoms with Crippen molar-refractivity contribution in [2.45, 2.75) is 25.4 Å². The van der Waals surface area contributed by atoms with Crippen LogP contribution < -0.4 is 5.32 Å². The highest BCUT2D eigenvalue weighted by atomic mass is 79.9. The van der Waals surface area contributed by atoms with E-state index in [-0.39, 0.29) is 5.91 Å². The molecule has 18 heavy (non-hydrogen) atoms. The number of aryl methyl sites for hydroxylation is 1. The maximum atomic E-state index is 11.5. The number of carbonyl (C=O) groups excluding carboxylic acids is 1. The van der Waals surface area contributed by atoms with Crippen LogP contribution in [0.25, 0.3) is 0 Å². The Morgan fingerprint density at radius 1 is 1.67 bits per heavy atom. The number of thiophene rings is 1. The first-order chi connectivity index (χ1) is 8.61. The maximum absolute atomic E-state index is 11.5. The number of halogens is 1. The number of nitrogens with one attached hydrogen (secondary N) is 1. The van der Waals surface area contributed by atoms with Crippen LogP contribution in [0.4, 0.5) is 0 Å². The molecule has 102 valence electrons. The van der Waals surface area contributed by atoms with E-state index in [0.717, 1.165) is 10.9 Å². The molecular weight excluding hydrogens is 318 g/mol. The summed E-state index contributed by atoms with van der Waals surface area (Å²) in [5.74, 6) is 0.0177. The van der Waals surface area contributed by atoms with Crippen molar-refractivity contribution in [3.05, 3.63) is 20.8 Å². The second-order valence-corrected chi connectivity index (χ2v) is 5.89. The zero-order valence-electron chi connectivity index (χ0n) is 10.3. The molecule has 0 fully saturated rings. The highest BCUT2D eigenvalue weighted by molar-refractivity contribution is 9.10. The summed E-state index contributed by atoms with van der Waals surface area (Å²) < 4.78 is 5.86. The lowest BCUT2D eigenvalue weighted by molar-refractivity contribution is -0.121. The minimum Gasteiger partial charge on any atom is -0.391 e. The van der Waals surface area contributed by atoms with E-state index in [1.807, 2.05) is 11.4 Å². The average molecular weight is 336 g/mol. The Hall–Kier alpha value is -0.430. The van der Waals surface area contributed by atoms with E-state index in [4.69, 9.17) is 4.74 Å². The summed E-state index contributed by atoms with van der Waals surface area (Å²) in [4.78, 5) is 12.7. The molecule has 1 heterocycles. The van der Waals surface area contributed by atoms with E-state index >= 15 is 0 Å². The van der Waals surface area contributed by atoms with Crippen molar-refractivity contribution in [1.29, 1.82) is 0 Å². The van der Waals surface area contributed by atoms with Crippen LogP contribution >= 0.6 is 27.3 Å². The van der Waals surface area contributed by atoms with Gasteiger partial charge in [0.05, 0.1) is 12.7 Å². The number of hydrogen-bond donors (Lipinski definition) is 2. The molecule has 1 rings (SSSR count). The van der Waals surface area contributed by atoms with E-state index in [1.54, 1.807) is 18.4 Å². The maximum Gasteiger partial charge on any atom is 0.220 e. The van der Waals surface area contributed by atoms with E-state index in [2.05, 4.69) is 21.2 Å². The lowest BCUT2D eigenvalue weighted by atomic mass is 10.2. The van der Waals surface area contributed by atoms with Gasteiger partial charge in [-0.1, -0.05) is 0 Å². The van der Waals surface area contributed by atoms with Crippen LogP contribution in [0.15, 0.2) is 15.9 Å². The first-order valence-corrected chi connectivity index (χ1v) is 7.45. The lowest BCUT2D eigenvalue weighted by Crippen LogP contribution is -2.28. The van der Waals surface area contributed by atoms with Crippen molar-refractivity contribution in [3.8, 4) is 0 Å². The van der Waals surface area contributed by atoms with E-state index in [0.29, 0.717) is 26.0 Å². The molecule has 0 aliphatic heterocycles. The molecule has 1 amide bonds. The Morgan fingerprint density at radius 3 is 3.06 bits per heavy atom. The van der Waals surface area contributed by atoms with Crippen LogP contribution in [0.3, 0.4) is 0 Å². The third kappa shape index (κ3) is 6.49. The van der Waals surface area contributed by atoms with Gasteiger partial charge in [-0.3, -0.25) is 4.79 Å². The van der Waals surface area contributed by atoms with Crippen molar-refractivity contribution >= 4 is 33.2 Å². The van der Waals surface area contributed by atoms with E-state index < -0.39 is 6.10 Å². The Bertz CT molecular complexity index is 370. The summed E-state index contributed by atoms with van der Waals surface area (Å²) in [6.45, 7) is 0.788. The fourth-order valence-corrected chi connectivity index (χ4v) is 2.92.